The standard InChI is InChI=1S/C11H15NO5S/c1-3-18(14,15)12-8-11(13)17-10-7-5-4-6-9(10)16-2/h4-7,12H,3,8H2,1-2H3. The van der Waals surface area contributed by atoms with E-state index in [1.54, 1.807) is 24.3 Å². The molecule has 1 aromatic rings. The van der Waals surface area contributed by atoms with E-state index in [0.717, 1.165) is 0 Å². The Morgan fingerprint density at radius 3 is 2.44 bits per heavy atom. The third kappa shape index (κ3) is 4.34. The van der Waals surface area contributed by atoms with E-state index >= 15 is 0 Å². The first-order valence-corrected chi connectivity index (χ1v) is 6.94. The van der Waals surface area contributed by atoms with E-state index in [2.05, 4.69) is 4.72 Å². The number of esters is 1. The van der Waals surface area contributed by atoms with Gasteiger partial charge in [-0.25, -0.2) is 13.1 Å². The van der Waals surface area contributed by atoms with Crippen molar-refractivity contribution >= 4 is 16.0 Å². The second-order valence-corrected chi connectivity index (χ2v) is 5.44. The molecule has 0 bridgehead atoms. The first-order chi connectivity index (χ1) is 8.48. The molecule has 0 aliphatic carbocycles. The van der Waals surface area contributed by atoms with Gasteiger partial charge < -0.3 is 9.47 Å². The molecule has 100 valence electrons. The molecule has 0 unspecified atom stereocenters. The van der Waals surface area contributed by atoms with E-state index in [0.29, 0.717) is 5.75 Å². The van der Waals surface area contributed by atoms with Crippen LogP contribution in [0.4, 0.5) is 0 Å². The summed E-state index contributed by atoms with van der Waals surface area (Å²) in [5, 5.41) is 0. The summed E-state index contributed by atoms with van der Waals surface area (Å²) in [6.45, 7) is 1.07. The Hall–Kier alpha value is -1.60. The Morgan fingerprint density at radius 2 is 1.89 bits per heavy atom. The van der Waals surface area contributed by atoms with Crippen LogP contribution in [0, 0.1) is 0 Å². The van der Waals surface area contributed by atoms with E-state index in [1.165, 1.54) is 14.0 Å². The molecule has 0 aromatic heterocycles. The Balaban J connectivity index is 2.60. The van der Waals surface area contributed by atoms with Crippen LogP contribution < -0.4 is 14.2 Å². The lowest BCUT2D eigenvalue weighted by molar-refractivity contribution is -0.133. The highest BCUT2D eigenvalue weighted by molar-refractivity contribution is 7.89. The third-order valence-electron chi connectivity index (χ3n) is 2.11. The zero-order valence-electron chi connectivity index (χ0n) is 10.2. The fourth-order valence-electron chi connectivity index (χ4n) is 1.13. The van der Waals surface area contributed by atoms with Gasteiger partial charge in [0.25, 0.3) is 0 Å². The van der Waals surface area contributed by atoms with Crippen LogP contribution in [0.15, 0.2) is 24.3 Å². The second kappa shape index (κ2) is 6.36. The Kier molecular flexibility index (Phi) is 5.11. The first kappa shape index (κ1) is 14.5. The molecule has 0 radical (unpaired) electrons. The fraction of sp³-hybridized carbons (Fsp3) is 0.364. The van der Waals surface area contributed by atoms with Gasteiger partial charge in [-0.2, -0.15) is 0 Å². The molecule has 0 saturated heterocycles. The van der Waals surface area contributed by atoms with Crippen LogP contribution in [0.25, 0.3) is 0 Å². The first-order valence-electron chi connectivity index (χ1n) is 5.29. The fourth-order valence-corrected chi connectivity index (χ4v) is 1.67. The minimum Gasteiger partial charge on any atom is -0.493 e. The highest BCUT2D eigenvalue weighted by Crippen LogP contribution is 2.25. The average molecular weight is 273 g/mol. The maximum absolute atomic E-state index is 11.4. The topological polar surface area (TPSA) is 81.7 Å². The van der Waals surface area contributed by atoms with Gasteiger partial charge in [-0.1, -0.05) is 12.1 Å². The summed E-state index contributed by atoms with van der Waals surface area (Å²) in [6, 6.07) is 6.61. The quantitative estimate of drug-likeness (QED) is 0.604. The highest BCUT2D eigenvalue weighted by Gasteiger charge is 2.13. The third-order valence-corrected chi connectivity index (χ3v) is 3.45. The van der Waals surface area contributed by atoms with E-state index in [-0.39, 0.29) is 11.5 Å². The predicted molar refractivity (Wildman–Crippen MR) is 66.1 cm³/mol. The summed E-state index contributed by atoms with van der Waals surface area (Å²) in [6.07, 6.45) is 0. The molecule has 0 heterocycles. The molecule has 6 nitrogen and oxygen atoms in total. The number of ether oxygens (including phenoxy) is 2. The molecule has 0 atom stereocenters. The number of hydrogen-bond donors (Lipinski definition) is 1. The molecule has 0 aliphatic rings. The maximum Gasteiger partial charge on any atom is 0.326 e. The number of para-hydroxylation sites is 2. The van der Waals surface area contributed by atoms with Crippen molar-refractivity contribution in [2.45, 2.75) is 6.92 Å². The molecular formula is C11H15NO5S. The molecule has 1 rings (SSSR count). The van der Waals surface area contributed by atoms with Gasteiger partial charge >= 0.3 is 5.97 Å². The molecule has 7 heteroatoms. The summed E-state index contributed by atoms with van der Waals surface area (Å²) < 4.78 is 34.4. The van der Waals surface area contributed by atoms with Gasteiger partial charge in [0.15, 0.2) is 11.5 Å². The molecular weight excluding hydrogens is 258 g/mol. The Labute approximate surface area is 106 Å². The molecule has 0 spiro atoms. The second-order valence-electron chi connectivity index (χ2n) is 3.35. The molecule has 1 N–H and O–H groups in total. The predicted octanol–water partition coefficient (Wildman–Crippen LogP) is 0.540. The largest absolute Gasteiger partial charge is 0.493 e. The number of carbonyl (C=O) groups is 1. The lowest BCUT2D eigenvalue weighted by Crippen LogP contribution is -2.32. The van der Waals surface area contributed by atoms with Crippen LogP contribution in [0.5, 0.6) is 11.5 Å². The van der Waals surface area contributed by atoms with E-state index in [4.69, 9.17) is 9.47 Å². The average Bonchev–Trinajstić information content (AvgIpc) is 2.37. The summed E-state index contributed by atoms with van der Waals surface area (Å²) in [5.41, 5.74) is 0. The smallest absolute Gasteiger partial charge is 0.326 e. The van der Waals surface area contributed by atoms with E-state index in [9.17, 15) is 13.2 Å². The van der Waals surface area contributed by atoms with Crippen molar-refractivity contribution in [3.05, 3.63) is 24.3 Å². The summed E-state index contributed by atoms with van der Waals surface area (Å²) >= 11 is 0. The summed E-state index contributed by atoms with van der Waals surface area (Å²) in [4.78, 5) is 11.4. The lowest BCUT2D eigenvalue weighted by atomic mass is 10.3. The molecule has 0 aliphatic heterocycles. The van der Waals surface area contributed by atoms with Crippen molar-refractivity contribution in [2.24, 2.45) is 0 Å². The van der Waals surface area contributed by atoms with Gasteiger partial charge in [-0.3, -0.25) is 4.79 Å². The number of benzene rings is 1. The number of carbonyl (C=O) groups excluding carboxylic acids is 1. The van der Waals surface area contributed by atoms with Crippen LogP contribution >= 0.6 is 0 Å². The Morgan fingerprint density at radius 1 is 1.28 bits per heavy atom. The van der Waals surface area contributed by atoms with Crippen LogP contribution in [-0.2, 0) is 14.8 Å². The van der Waals surface area contributed by atoms with E-state index < -0.39 is 22.5 Å². The van der Waals surface area contributed by atoms with Gasteiger partial charge in [-0.05, 0) is 19.1 Å². The summed E-state index contributed by atoms with van der Waals surface area (Å²) in [5.74, 6) is -0.129. The van der Waals surface area contributed by atoms with E-state index in [1.807, 2.05) is 0 Å². The van der Waals surface area contributed by atoms with Crippen molar-refractivity contribution in [3.63, 3.8) is 0 Å². The van der Waals surface area contributed by atoms with Gasteiger partial charge in [0.2, 0.25) is 10.0 Å². The van der Waals surface area contributed by atoms with Gasteiger partial charge in [0.1, 0.15) is 6.54 Å². The highest BCUT2D eigenvalue weighted by atomic mass is 32.2. The van der Waals surface area contributed by atoms with Crippen LogP contribution in [0.3, 0.4) is 0 Å². The van der Waals surface area contributed by atoms with Crippen molar-refractivity contribution < 1.29 is 22.7 Å². The van der Waals surface area contributed by atoms with Crippen molar-refractivity contribution in [2.75, 3.05) is 19.4 Å². The lowest BCUT2D eigenvalue weighted by Gasteiger charge is -2.09. The van der Waals surface area contributed by atoms with Crippen molar-refractivity contribution in [1.82, 2.24) is 4.72 Å². The van der Waals surface area contributed by atoms with Gasteiger partial charge in [0, 0.05) is 0 Å². The molecule has 0 fully saturated rings. The number of nitrogens with one attached hydrogen (secondary N) is 1. The number of sulfonamides is 1. The number of hydrogen-bond acceptors (Lipinski definition) is 5. The zero-order chi connectivity index (χ0) is 13.6. The normalized spacial score (nSPS) is 11.0. The SMILES string of the molecule is CCS(=O)(=O)NCC(=O)Oc1ccccc1OC. The molecule has 1 aromatic carbocycles. The minimum atomic E-state index is -3.40. The molecule has 18 heavy (non-hydrogen) atoms. The van der Waals surface area contributed by atoms with Crippen LogP contribution in [0.1, 0.15) is 6.92 Å². The molecule has 0 amide bonds. The number of methoxy groups -OCH3 is 1. The Bertz CT molecular complexity index is 512. The minimum absolute atomic E-state index is 0.0884. The van der Waals surface area contributed by atoms with Gasteiger partial charge in [0.05, 0.1) is 12.9 Å². The monoisotopic (exact) mass is 273 g/mol. The van der Waals surface area contributed by atoms with Crippen LogP contribution in [0.2, 0.25) is 0 Å². The van der Waals surface area contributed by atoms with Crippen LogP contribution in [-0.4, -0.2) is 33.8 Å². The molecule has 0 saturated carbocycles. The van der Waals surface area contributed by atoms with Crippen molar-refractivity contribution in [1.29, 1.82) is 0 Å². The zero-order valence-corrected chi connectivity index (χ0v) is 11.0. The van der Waals surface area contributed by atoms with Gasteiger partial charge in [-0.15, -0.1) is 0 Å². The number of rotatable bonds is 6. The van der Waals surface area contributed by atoms with Crippen molar-refractivity contribution in [3.8, 4) is 11.5 Å². The summed E-state index contributed by atoms with van der Waals surface area (Å²) in [7, 11) is -1.95. The maximum atomic E-state index is 11.4.